The average Bonchev–Trinajstić information content (AvgIpc) is 2.74. The molecule has 1 aliphatic rings. The SMILES string of the molecule is COc1ccc(CCC2CCC(CS(=O)(=O)C(C)C)CC2)c(Sc2ccccc2)n1. The van der Waals surface area contributed by atoms with Crippen LogP contribution in [0.4, 0.5) is 0 Å². The van der Waals surface area contributed by atoms with Crippen LogP contribution in [0.5, 0.6) is 5.88 Å². The monoisotopic (exact) mass is 447 g/mol. The van der Waals surface area contributed by atoms with Gasteiger partial charge in [0.1, 0.15) is 5.03 Å². The summed E-state index contributed by atoms with van der Waals surface area (Å²) in [6, 6.07) is 14.4. The van der Waals surface area contributed by atoms with Crippen LogP contribution in [0.2, 0.25) is 0 Å². The molecule has 0 aliphatic heterocycles. The molecule has 0 bridgehead atoms. The molecular weight excluding hydrogens is 414 g/mol. The van der Waals surface area contributed by atoms with Crippen molar-refractivity contribution in [3.8, 4) is 5.88 Å². The Labute approximate surface area is 185 Å². The largest absolute Gasteiger partial charge is 0.481 e. The summed E-state index contributed by atoms with van der Waals surface area (Å²) in [5, 5.41) is 0.746. The van der Waals surface area contributed by atoms with Crippen molar-refractivity contribution in [1.82, 2.24) is 4.98 Å². The number of methoxy groups -OCH3 is 1. The maximum atomic E-state index is 12.2. The fraction of sp³-hybridized carbons (Fsp3) is 0.542. The molecule has 1 fully saturated rings. The number of ether oxygens (including phenoxy) is 1. The van der Waals surface area contributed by atoms with E-state index in [0.717, 1.165) is 43.6 Å². The van der Waals surface area contributed by atoms with Crippen LogP contribution in [0.25, 0.3) is 0 Å². The van der Waals surface area contributed by atoms with E-state index in [-0.39, 0.29) is 5.25 Å². The Kier molecular flexibility index (Phi) is 8.23. The van der Waals surface area contributed by atoms with Gasteiger partial charge in [0.2, 0.25) is 5.88 Å². The Morgan fingerprint density at radius 2 is 1.70 bits per heavy atom. The van der Waals surface area contributed by atoms with Crippen LogP contribution in [0.1, 0.15) is 51.5 Å². The third-order valence-electron chi connectivity index (χ3n) is 6.05. The van der Waals surface area contributed by atoms with E-state index in [1.165, 1.54) is 10.5 Å². The number of nitrogens with zero attached hydrogens (tertiary/aromatic N) is 1. The summed E-state index contributed by atoms with van der Waals surface area (Å²) in [6.45, 7) is 3.57. The van der Waals surface area contributed by atoms with Gasteiger partial charge in [0.25, 0.3) is 0 Å². The van der Waals surface area contributed by atoms with Gasteiger partial charge in [0.15, 0.2) is 9.84 Å². The minimum absolute atomic E-state index is 0.265. The molecule has 30 heavy (non-hydrogen) atoms. The van der Waals surface area contributed by atoms with Crippen molar-refractivity contribution in [3.63, 3.8) is 0 Å². The number of aryl methyl sites for hydroxylation is 1. The molecule has 1 saturated carbocycles. The molecule has 0 atom stereocenters. The highest BCUT2D eigenvalue weighted by Crippen LogP contribution is 2.35. The third kappa shape index (κ3) is 6.48. The Balaban J connectivity index is 1.57. The van der Waals surface area contributed by atoms with E-state index in [2.05, 4.69) is 18.2 Å². The molecule has 1 aromatic heterocycles. The maximum Gasteiger partial charge on any atom is 0.214 e. The van der Waals surface area contributed by atoms with Gasteiger partial charge in [0.05, 0.1) is 18.1 Å². The van der Waals surface area contributed by atoms with Crippen LogP contribution in [-0.4, -0.2) is 31.5 Å². The highest BCUT2D eigenvalue weighted by Gasteiger charge is 2.27. The van der Waals surface area contributed by atoms with Gasteiger partial charge < -0.3 is 4.74 Å². The van der Waals surface area contributed by atoms with Gasteiger partial charge in [-0.05, 0) is 69.1 Å². The van der Waals surface area contributed by atoms with Gasteiger partial charge in [0, 0.05) is 11.0 Å². The lowest BCUT2D eigenvalue weighted by atomic mass is 9.80. The number of rotatable bonds is 9. The van der Waals surface area contributed by atoms with Crippen molar-refractivity contribution in [2.45, 2.75) is 67.5 Å². The second-order valence-corrected chi connectivity index (χ2v) is 12.2. The second-order valence-electron chi connectivity index (χ2n) is 8.54. The van der Waals surface area contributed by atoms with Gasteiger partial charge >= 0.3 is 0 Å². The van der Waals surface area contributed by atoms with E-state index in [1.54, 1.807) is 32.7 Å². The average molecular weight is 448 g/mol. The van der Waals surface area contributed by atoms with Crippen LogP contribution < -0.4 is 4.74 Å². The molecule has 4 nitrogen and oxygen atoms in total. The number of aromatic nitrogens is 1. The quantitative estimate of drug-likeness (QED) is 0.486. The summed E-state index contributed by atoms with van der Waals surface area (Å²) in [5.41, 5.74) is 1.26. The van der Waals surface area contributed by atoms with Crippen molar-refractivity contribution in [2.24, 2.45) is 11.8 Å². The molecule has 6 heteroatoms. The number of hydrogen-bond acceptors (Lipinski definition) is 5. The molecule has 1 aromatic carbocycles. The number of hydrogen-bond donors (Lipinski definition) is 0. The molecule has 0 N–H and O–H groups in total. The van der Waals surface area contributed by atoms with Gasteiger partial charge in [-0.25, -0.2) is 13.4 Å². The van der Waals surface area contributed by atoms with Crippen molar-refractivity contribution in [3.05, 3.63) is 48.0 Å². The summed E-state index contributed by atoms with van der Waals surface area (Å²) in [7, 11) is -1.29. The minimum Gasteiger partial charge on any atom is -0.481 e. The lowest BCUT2D eigenvalue weighted by molar-refractivity contribution is 0.278. The topological polar surface area (TPSA) is 56.3 Å². The van der Waals surface area contributed by atoms with Gasteiger partial charge in [-0.1, -0.05) is 48.9 Å². The standard InChI is InChI=1S/C24H33NO3S2/c1-18(2)30(26,27)17-20-11-9-19(10-12-20)13-14-21-15-16-23(28-3)25-24(21)29-22-7-5-4-6-8-22/h4-8,15-16,18-20H,9-14,17H2,1-3H3. The first-order valence-corrected chi connectivity index (χ1v) is 13.4. The van der Waals surface area contributed by atoms with Gasteiger partial charge in [-0.3, -0.25) is 0 Å². The predicted octanol–water partition coefficient (Wildman–Crippen LogP) is 5.80. The molecule has 0 saturated heterocycles. The van der Waals surface area contributed by atoms with E-state index >= 15 is 0 Å². The smallest absolute Gasteiger partial charge is 0.214 e. The molecular formula is C24H33NO3S2. The number of pyridine rings is 1. The van der Waals surface area contributed by atoms with Crippen molar-refractivity contribution < 1.29 is 13.2 Å². The fourth-order valence-corrected chi connectivity index (χ4v) is 6.34. The molecule has 1 heterocycles. The molecule has 2 aromatic rings. The summed E-state index contributed by atoms with van der Waals surface area (Å²) in [5.74, 6) is 2.00. The zero-order valence-corrected chi connectivity index (χ0v) is 19.8. The molecule has 0 radical (unpaired) electrons. The third-order valence-corrected chi connectivity index (χ3v) is 9.48. The zero-order chi connectivity index (χ0) is 21.6. The molecule has 3 rings (SSSR count). The minimum atomic E-state index is -2.94. The highest BCUT2D eigenvalue weighted by molar-refractivity contribution is 7.99. The maximum absolute atomic E-state index is 12.2. The predicted molar refractivity (Wildman–Crippen MR) is 124 cm³/mol. The zero-order valence-electron chi connectivity index (χ0n) is 18.2. The van der Waals surface area contributed by atoms with E-state index in [0.29, 0.717) is 23.5 Å². The molecule has 0 spiro atoms. The number of benzene rings is 1. The fourth-order valence-electron chi connectivity index (χ4n) is 4.01. The molecule has 1 aliphatic carbocycles. The van der Waals surface area contributed by atoms with Gasteiger partial charge in [-0.15, -0.1) is 0 Å². The summed E-state index contributed by atoms with van der Waals surface area (Å²) >= 11 is 1.68. The normalized spacial score (nSPS) is 19.7. The van der Waals surface area contributed by atoms with Crippen molar-refractivity contribution in [1.29, 1.82) is 0 Å². The molecule has 0 amide bonds. The summed E-state index contributed by atoms with van der Waals surface area (Å²) in [6.07, 6.45) is 6.43. The summed E-state index contributed by atoms with van der Waals surface area (Å²) < 4.78 is 29.8. The lowest BCUT2D eigenvalue weighted by Crippen LogP contribution is -2.26. The Morgan fingerprint density at radius 3 is 2.33 bits per heavy atom. The Bertz CT molecular complexity index is 905. The summed E-state index contributed by atoms with van der Waals surface area (Å²) in [4.78, 5) is 5.87. The van der Waals surface area contributed by atoms with E-state index in [1.807, 2.05) is 24.3 Å². The van der Waals surface area contributed by atoms with E-state index < -0.39 is 9.84 Å². The lowest BCUT2D eigenvalue weighted by Gasteiger charge is -2.29. The van der Waals surface area contributed by atoms with Crippen LogP contribution in [0.15, 0.2) is 52.4 Å². The van der Waals surface area contributed by atoms with Crippen LogP contribution >= 0.6 is 11.8 Å². The van der Waals surface area contributed by atoms with Crippen LogP contribution in [0, 0.1) is 11.8 Å². The van der Waals surface area contributed by atoms with Crippen molar-refractivity contribution >= 4 is 21.6 Å². The van der Waals surface area contributed by atoms with Crippen LogP contribution in [-0.2, 0) is 16.3 Å². The Morgan fingerprint density at radius 1 is 1.03 bits per heavy atom. The van der Waals surface area contributed by atoms with Gasteiger partial charge in [-0.2, -0.15) is 0 Å². The van der Waals surface area contributed by atoms with E-state index in [4.69, 9.17) is 9.72 Å². The number of sulfone groups is 1. The first-order valence-electron chi connectivity index (χ1n) is 10.9. The molecule has 164 valence electrons. The Hall–Kier alpha value is -1.53. The van der Waals surface area contributed by atoms with E-state index in [9.17, 15) is 8.42 Å². The van der Waals surface area contributed by atoms with Crippen molar-refractivity contribution in [2.75, 3.05) is 12.9 Å². The first-order chi connectivity index (χ1) is 14.4. The second kappa shape index (κ2) is 10.7. The van der Waals surface area contributed by atoms with Crippen LogP contribution in [0.3, 0.4) is 0 Å². The highest BCUT2D eigenvalue weighted by atomic mass is 32.2. The first kappa shape index (κ1) is 23.1. The molecule has 0 unspecified atom stereocenters.